The summed E-state index contributed by atoms with van der Waals surface area (Å²) >= 11 is 0. The Balaban J connectivity index is 0.000000442. The first-order chi connectivity index (χ1) is 7.38. The average Bonchev–Trinajstić information content (AvgIpc) is 2.35. The molecule has 2 heteroatoms. The van der Waals surface area contributed by atoms with E-state index in [2.05, 4.69) is 23.0 Å². The van der Waals surface area contributed by atoms with Crippen molar-refractivity contribution in [2.45, 2.75) is 40.5 Å². The van der Waals surface area contributed by atoms with Gasteiger partial charge in [-0.25, -0.2) is 4.98 Å². The van der Waals surface area contributed by atoms with Crippen LogP contribution in [0.15, 0.2) is 18.3 Å². The highest BCUT2D eigenvalue weighted by molar-refractivity contribution is 5.47. The minimum atomic E-state index is 1.14. The van der Waals surface area contributed by atoms with E-state index >= 15 is 0 Å². The van der Waals surface area contributed by atoms with Gasteiger partial charge in [0.1, 0.15) is 5.82 Å². The molecule has 0 bridgehead atoms. The van der Waals surface area contributed by atoms with Gasteiger partial charge >= 0.3 is 0 Å². The Morgan fingerprint density at radius 2 is 1.87 bits per heavy atom. The van der Waals surface area contributed by atoms with E-state index in [1.54, 1.807) is 0 Å². The molecule has 0 radical (unpaired) electrons. The van der Waals surface area contributed by atoms with Crippen LogP contribution in [0.2, 0.25) is 0 Å². The van der Waals surface area contributed by atoms with Crippen molar-refractivity contribution in [2.24, 2.45) is 0 Å². The number of rotatable bonds is 0. The van der Waals surface area contributed by atoms with Gasteiger partial charge in [-0.05, 0) is 24.5 Å². The summed E-state index contributed by atoms with van der Waals surface area (Å²) in [5.41, 5.74) is 1.39. The summed E-state index contributed by atoms with van der Waals surface area (Å²) in [5.74, 6) is 1.17. The molecule has 0 amide bonds. The smallest absolute Gasteiger partial charge is 0.131 e. The van der Waals surface area contributed by atoms with Crippen LogP contribution in [0, 0.1) is 0 Å². The zero-order valence-electron chi connectivity index (χ0n) is 10.7. The lowest BCUT2D eigenvalue weighted by Gasteiger charge is -2.25. The summed E-state index contributed by atoms with van der Waals surface area (Å²) in [7, 11) is 2.10. The van der Waals surface area contributed by atoms with Crippen LogP contribution in [0.3, 0.4) is 0 Å². The Hall–Kier alpha value is -1.05. The highest BCUT2D eigenvalue weighted by Crippen LogP contribution is 2.21. The lowest BCUT2D eigenvalue weighted by Crippen LogP contribution is -2.25. The first-order valence-electron chi connectivity index (χ1n) is 6.03. The molecule has 0 aliphatic carbocycles. The van der Waals surface area contributed by atoms with Gasteiger partial charge in [-0.3, -0.25) is 0 Å². The van der Waals surface area contributed by atoms with Gasteiger partial charge in [0.25, 0.3) is 0 Å². The van der Waals surface area contributed by atoms with Gasteiger partial charge < -0.3 is 4.90 Å². The molecule has 0 saturated carbocycles. The molecule has 2 nitrogen and oxygen atoms in total. The maximum Gasteiger partial charge on any atom is 0.131 e. The minimum Gasteiger partial charge on any atom is -0.359 e. The summed E-state index contributed by atoms with van der Waals surface area (Å²) in [6, 6.07) is 4.18. The molecule has 1 aliphatic rings. The summed E-state index contributed by atoms with van der Waals surface area (Å²) in [5, 5.41) is 0. The van der Waals surface area contributed by atoms with Gasteiger partial charge in [0.15, 0.2) is 0 Å². The number of nitrogens with zero attached hydrogens (tertiary/aromatic N) is 2. The summed E-state index contributed by atoms with van der Waals surface area (Å²) in [6.45, 7) is 9.14. The predicted octanol–water partition coefficient (Wildman–Crippen LogP) is 3.52. The second-order valence-corrected chi connectivity index (χ2v) is 3.01. The van der Waals surface area contributed by atoms with Crippen molar-refractivity contribution in [1.82, 2.24) is 4.98 Å². The van der Waals surface area contributed by atoms with Crippen LogP contribution >= 0.6 is 0 Å². The molecule has 0 spiro atoms. The van der Waals surface area contributed by atoms with E-state index < -0.39 is 0 Å². The topological polar surface area (TPSA) is 16.1 Å². The summed E-state index contributed by atoms with van der Waals surface area (Å²) < 4.78 is 0. The van der Waals surface area contributed by atoms with Crippen LogP contribution in [0.25, 0.3) is 0 Å². The van der Waals surface area contributed by atoms with E-state index in [0.717, 1.165) is 6.54 Å². The molecule has 0 aromatic carbocycles. The monoisotopic (exact) mass is 208 g/mol. The van der Waals surface area contributed by atoms with E-state index in [1.807, 2.05) is 40.0 Å². The predicted molar refractivity (Wildman–Crippen MR) is 68.5 cm³/mol. The standard InChI is InChI=1S/C9H12N2.2C2H6/c1-11-7-3-5-8-4-2-6-10-9(8)11;2*1-2/h2,4,6H,3,5,7H2,1H3;2*1-2H3. The van der Waals surface area contributed by atoms with Gasteiger partial charge in [0.2, 0.25) is 0 Å². The highest BCUT2D eigenvalue weighted by atomic mass is 15.2. The third kappa shape index (κ3) is 3.90. The Labute approximate surface area is 94.3 Å². The second kappa shape index (κ2) is 8.27. The van der Waals surface area contributed by atoms with Crippen LogP contribution in [0.5, 0.6) is 0 Å². The van der Waals surface area contributed by atoms with Crippen LogP contribution in [-0.4, -0.2) is 18.6 Å². The molecular formula is C13H24N2. The molecule has 0 fully saturated rings. The number of fused-ring (bicyclic) bond motifs is 1. The number of pyridine rings is 1. The van der Waals surface area contributed by atoms with Crippen molar-refractivity contribution >= 4 is 5.82 Å². The van der Waals surface area contributed by atoms with Crippen LogP contribution < -0.4 is 4.90 Å². The fourth-order valence-electron chi connectivity index (χ4n) is 1.58. The van der Waals surface area contributed by atoms with Gasteiger partial charge in [0, 0.05) is 19.8 Å². The zero-order chi connectivity index (χ0) is 11.7. The van der Waals surface area contributed by atoms with Crippen LogP contribution in [-0.2, 0) is 6.42 Å². The highest BCUT2D eigenvalue weighted by Gasteiger charge is 2.12. The number of aromatic nitrogens is 1. The quantitative estimate of drug-likeness (QED) is 0.648. The van der Waals surface area contributed by atoms with Crippen molar-refractivity contribution in [3.63, 3.8) is 0 Å². The van der Waals surface area contributed by atoms with Crippen molar-refractivity contribution < 1.29 is 0 Å². The molecule has 1 aliphatic heterocycles. The van der Waals surface area contributed by atoms with Gasteiger partial charge in [-0.2, -0.15) is 0 Å². The first-order valence-corrected chi connectivity index (χ1v) is 6.03. The molecule has 1 aromatic heterocycles. The molecule has 2 heterocycles. The number of hydrogen-bond acceptors (Lipinski definition) is 2. The van der Waals surface area contributed by atoms with Crippen LogP contribution in [0.4, 0.5) is 5.82 Å². The Morgan fingerprint density at radius 1 is 1.20 bits per heavy atom. The minimum absolute atomic E-state index is 1.14. The van der Waals surface area contributed by atoms with Gasteiger partial charge in [0.05, 0.1) is 0 Å². The Kier molecular flexibility index (Phi) is 7.69. The largest absolute Gasteiger partial charge is 0.359 e. The molecule has 0 atom stereocenters. The van der Waals surface area contributed by atoms with E-state index in [1.165, 1.54) is 24.2 Å². The van der Waals surface area contributed by atoms with E-state index in [4.69, 9.17) is 0 Å². The summed E-state index contributed by atoms with van der Waals surface area (Å²) in [6.07, 6.45) is 4.31. The number of anilines is 1. The SMILES string of the molecule is CC.CC.CN1CCCc2cccnc21. The summed E-state index contributed by atoms with van der Waals surface area (Å²) in [4.78, 5) is 6.55. The molecule has 2 rings (SSSR count). The fourth-order valence-corrected chi connectivity index (χ4v) is 1.58. The van der Waals surface area contributed by atoms with Gasteiger partial charge in [-0.15, -0.1) is 0 Å². The molecule has 1 aromatic rings. The van der Waals surface area contributed by atoms with Crippen LogP contribution in [0.1, 0.15) is 39.7 Å². The maximum atomic E-state index is 4.33. The molecule has 15 heavy (non-hydrogen) atoms. The Morgan fingerprint density at radius 3 is 2.47 bits per heavy atom. The van der Waals surface area contributed by atoms with Crippen molar-refractivity contribution in [3.8, 4) is 0 Å². The third-order valence-electron chi connectivity index (χ3n) is 2.17. The molecule has 86 valence electrons. The normalized spacial score (nSPS) is 12.7. The lowest BCUT2D eigenvalue weighted by molar-refractivity contribution is 0.730. The maximum absolute atomic E-state index is 4.33. The van der Waals surface area contributed by atoms with E-state index in [9.17, 15) is 0 Å². The van der Waals surface area contributed by atoms with Crippen molar-refractivity contribution in [2.75, 3.05) is 18.5 Å². The fraction of sp³-hybridized carbons (Fsp3) is 0.615. The van der Waals surface area contributed by atoms with Crippen molar-refractivity contribution in [1.29, 1.82) is 0 Å². The Bertz CT molecular complexity index is 258. The number of hydrogen-bond donors (Lipinski definition) is 0. The lowest BCUT2D eigenvalue weighted by atomic mass is 10.1. The third-order valence-corrected chi connectivity index (χ3v) is 2.17. The molecule has 0 saturated heterocycles. The van der Waals surface area contributed by atoms with Crippen molar-refractivity contribution in [3.05, 3.63) is 23.9 Å². The zero-order valence-corrected chi connectivity index (χ0v) is 10.7. The van der Waals surface area contributed by atoms with Gasteiger partial charge in [-0.1, -0.05) is 33.8 Å². The second-order valence-electron chi connectivity index (χ2n) is 3.01. The molecule has 0 unspecified atom stereocenters. The first kappa shape index (κ1) is 13.9. The van der Waals surface area contributed by atoms with E-state index in [-0.39, 0.29) is 0 Å². The molecular weight excluding hydrogens is 184 g/mol. The number of aryl methyl sites for hydroxylation is 1. The molecule has 0 N–H and O–H groups in total. The average molecular weight is 208 g/mol. The van der Waals surface area contributed by atoms with E-state index in [0.29, 0.717) is 0 Å².